The number of carboxylic acids is 1. The summed E-state index contributed by atoms with van der Waals surface area (Å²) in [5, 5.41) is 8.01. The molecule has 1 atom stereocenters. The van der Waals surface area contributed by atoms with Crippen molar-refractivity contribution in [2.45, 2.75) is 6.04 Å². The third-order valence-electron chi connectivity index (χ3n) is 0.514. The van der Waals surface area contributed by atoms with E-state index in [9.17, 15) is 4.79 Å². The molecular weight excluding hydrogens is 133 g/mol. The predicted octanol–water partition coefficient (Wildman–Crippen LogP) is -0.519. The van der Waals surface area contributed by atoms with Crippen molar-refractivity contribution in [2.24, 2.45) is 5.73 Å². The van der Waals surface area contributed by atoms with Gasteiger partial charge in [0, 0.05) is 5.75 Å². The van der Waals surface area contributed by atoms with Gasteiger partial charge in [0.15, 0.2) is 0 Å². The fourth-order valence-corrected chi connectivity index (χ4v) is 0.234. The standard InChI is InChI=1S/C3H7NO2S.FH/c4-2(1-7)3(5)6;/h2,7H,1,4H2,(H,5,6);1H. The SMILES string of the molecule is F.NC(CS)C(=O)O. The molecule has 1 unspecified atom stereocenters. The van der Waals surface area contributed by atoms with Gasteiger partial charge in [-0.2, -0.15) is 12.6 Å². The minimum atomic E-state index is -1.00. The number of aliphatic carboxylic acids is 1. The molecule has 0 rings (SSSR count). The van der Waals surface area contributed by atoms with Gasteiger partial charge in [0.25, 0.3) is 0 Å². The molecule has 0 aliphatic heterocycles. The molecule has 0 bridgehead atoms. The lowest BCUT2D eigenvalue weighted by Gasteiger charge is -1.96. The summed E-state index contributed by atoms with van der Waals surface area (Å²) in [7, 11) is 0. The van der Waals surface area contributed by atoms with E-state index in [-0.39, 0.29) is 10.5 Å². The summed E-state index contributed by atoms with van der Waals surface area (Å²) >= 11 is 3.65. The molecule has 3 nitrogen and oxygen atoms in total. The first-order valence-corrected chi connectivity index (χ1v) is 2.41. The quantitative estimate of drug-likeness (QED) is 0.453. The number of thiol groups is 1. The third kappa shape index (κ3) is 3.89. The molecule has 0 aliphatic carbocycles. The molecule has 0 radical (unpaired) electrons. The summed E-state index contributed by atoms with van der Waals surface area (Å²) in [4.78, 5) is 9.76. The van der Waals surface area contributed by atoms with Crippen molar-refractivity contribution in [1.29, 1.82) is 0 Å². The summed E-state index contributed by atoms with van der Waals surface area (Å²) in [6, 6.07) is -0.816. The molecule has 0 heterocycles. The second-order valence-electron chi connectivity index (χ2n) is 1.13. The van der Waals surface area contributed by atoms with Gasteiger partial charge in [-0.25, -0.2) is 0 Å². The maximum absolute atomic E-state index is 9.76. The van der Waals surface area contributed by atoms with E-state index in [2.05, 4.69) is 12.6 Å². The molecule has 0 aromatic carbocycles. The first kappa shape index (κ1) is 10.6. The Bertz CT molecular complexity index is 79.7. The fraction of sp³-hybridized carbons (Fsp3) is 0.667. The van der Waals surface area contributed by atoms with Crippen LogP contribution in [0.4, 0.5) is 4.70 Å². The number of rotatable bonds is 2. The Morgan fingerprint density at radius 3 is 2.25 bits per heavy atom. The number of carboxylic acid groups (broad SMARTS) is 1. The Labute approximate surface area is 51.6 Å². The van der Waals surface area contributed by atoms with Crippen LogP contribution in [0.3, 0.4) is 0 Å². The van der Waals surface area contributed by atoms with E-state index in [0.29, 0.717) is 0 Å². The highest BCUT2D eigenvalue weighted by molar-refractivity contribution is 7.80. The highest BCUT2D eigenvalue weighted by atomic mass is 32.1. The van der Waals surface area contributed by atoms with Gasteiger partial charge in [0.1, 0.15) is 6.04 Å². The Hall–Kier alpha value is -0.290. The molecule has 8 heavy (non-hydrogen) atoms. The van der Waals surface area contributed by atoms with Crippen LogP contribution < -0.4 is 5.73 Å². The van der Waals surface area contributed by atoms with Gasteiger partial charge in [0.05, 0.1) is 0 Å². The average molecular weight is 141 g/mol. The monoisotopic (exact) mass is 141 g/mol. The first-order valence-electron chi connectivity index (χ1n) is 1.77. The fourth-order valence-electron chi connectivity index (χ4n) is 0.0781. The molecule has 0 aromatic rings. The van der Waals surface area contributed by atoms with E-state index in [1.165, 1.54) is 0 Å². The van der Waals surface area contributed by atoms with Crippen LogP contribution in [0.15, 0.2) is 0 Å². The van der Waals surface area contributed by atoms with Crippen LogP contribution in [0.25, 0.3) is 0 Å². The topological polar surface area (TPSA) is 63.3 Å². The summed E-state index contributed by atoms with van der Waals surface area (Å²) < 4.78 is 0. The van der Waals surface area contributed by atoms with Crippen molar-refractivity contribution in [2.75, 3.05) is 5.75 Å². The van der Waals surface area contributed by atoms with Gasteiger partial charge >= 0.3 is 5.97 Å². The van der Waals surface area contributed by atoms with Crippen molar-refractivity contribution in [1.82, 2.24) is 0 Å². The number of halogens is 1. The molecule has 0 spiro atoms. The van der Waals surface area contributed by atoms with Crippen LogP contribution in [0.1, 0.15) is 0 Å². The zero-order valence-corrected chi connectivity index (χ0v) is 4.97. The molecule has 50 valence electrons. The second kappa shape index (κ2) is 4.86. The number of nitrogens with two attached hydrogens (primary N) is 1. The van der Waals surface area contributed by atoms with Crippen LogP contribution in [0.5, 0.6) is 0 Å². The smallest absolute Gasteiger partial charge is 0.321 e. The van der Waals surface area contributed by atoms with Crippen molar-refractivity contribution in [3.8, 4) is 0 Å². The molecule has 0 aromatic heterocycles. The Kier molecular flexibility index (Phi) is 6.47. The molecule has 0 saturated carbocycles. The Morgan fingerprint density at radius 2 is 2.25 bits per heavy atom. The Balaban J connectivity index is 0. The van der Waals surface area contributed by atoms with Gasteiger partial charge in [-0.15, -0.1) is 0 Å². The van der Waals surface area contributed by atoms with Gasteiger partial charge in [-0.1, -0.05) is 0 Å². The zero-order chi connectivity index (χ0) is 5.86. The summed E-state index contributed by atoms with van der Waals surface area (Å²) in [6.07, 6.45) is 0. The average Bonchev–Trinajstić information content (AvgIpc) is 1.65. The minimum Gasteiger partial charge on any atom is -0.480 e. The minimum absolute atomic E-state index is 0. The molecule has 5 heteroatoms. The highest BCUT2D eigenvalue weighted by Gasteiger charge is 2.06. The maximum Gasteiger partial charge on any atom is 0.321 e. The van der Waals surface area contributed by atoms with Crippen LogP contribution in [0.2, 0.25) is 0 Å². The number of hydrogen-bond donors (Lipinski definition) is 3. The summed E-state index contributed by atoms with van der Waals surface area (Å²) in [5.74, 6) is -0.815. The van der Waals surface area contributed by atoms with Gasteiger partial charge < -0.3 is 10.8 Å². The molecule has 0 aliphatic rings. The lowest BCUT2D eigenvalue weighted by molar-refractivity contribution is -0.137. The van der Waals surface area contributed by atoms with Crippen molar-refractivity contribution in [3.05, 3.63) is 0 Å². The van der Waals surface area contributed by atoms with E-state index < -0.39 is 12.0 Å². The lowest BCUT2D eigenvalue weighted by Crippen LogP contribution is -2.31. The normalized spacial score (nSPS) is 11.8. The van der Waals surface area contributed by atoms with Crippen LogP contribution in [-0.4, -0.2) is 22.9 Å². The van der Waals surface area contributed by atoms with Gasteiger partial charge in [0.2, 0.25) is 0 Å². The largest absolute Gasteiger partial charge is 0.480 e. The highest BCUT2D eigenvalue weighted by Crippen LogP contribution is 1.80. The van der Waals surface area contributed by atoms with E-state index in [0.717, 1.165) is 0 Å². The third-order valence-corrected chi connectivity index (χ3v) is 0.907. The van der Waals surface area contributed by atoms with Crippen molar-refractivity contribution < 1.29 is 14.6 Å². The second-order valence-corrected chi connectivity index (χ2v) is 1.49. The molecular formula is C3H8FNO2S. The molecule has 0 saturated heterocycles. The van der Waals surface area contributed by atoms with Crippen LogP contribution in [-0.2, 0) is 4.79 Å². The van der Waals surface area contributed by atoms with Crippen LogP contribution >= 0.6 is 12.6 Å². The Morgan fingerprint density at radius 1 is 1.88 bits per heavy atom. The summed E-state index contributed by atoms with van der Waals surface area (Å²) in [6.45, 7) is 0. The predicted molar refractivity (Wildman–Crippen MR) is 32.0 cm³/mol. The van der Waals surface area contributed by atoms with Crippen molar-refractivity contribution >= 4 is 18.6 Å². The summed E-state index contributed by atoms with van der Waals surface area (Å²) in [5.41, 5.74) is 4.94. The zero-order valence-electron chi connectivity index (χ0n) is 4.07. The number of carbonyl (C=O) groups is 1. The molecule has 0 fully saturated rings. The van der Waals surface area contributed by atoms with Crippen LogP contribution in [0, 0.1) is 0 Å². The van der Waals surface area contributed by atoms with E-state index in [1.807, 2.05) is 0 Å². The first-order chi connectivity index (χ1) is 3.18. The molecule has 3 N–H and O–H groups in total. The maximum atomic E-state index is 9.76. The molecule has 0 amide bonds. The van der Waals surface area contributed by atoms with E-state index in [1.54, 1.807) is 0 Å². The van der Waals surface area contributed by atoms with Gasteiger partial charge in [-0.3, -0.25) is 9.50 Å². The van der Waals surface area contributed by atoms with E-state index >= 15 is 0 Å². The van der Waals surface area contributed by atoms with Crippen molar-refractivity contribution in [3.63, 3.8) is 0 Å². The van der Waals surface area contributed by atoms with Gasteiger partial charge in [-0.05, 0) is 0 Å². The lowest BCUT2D eigenvalue weighted by atomic mass is 10.4. The number of hydrogen-bond acceptors (Lipinski definition) is 3. The van der Waals surface area contributed by atoms with E-state index in [4.69, 9.17) is 10.8 Å².